The topological polar surface area (TPSA) is 97.3 Å². The molecule has 0 bridgehead atoms. The number of hydrogen-bond acceptors (Lipinski definition) is 6. The molecule has 2 aromatic rings. The van der Waals surface area contributed by atoms with Crippen LogP contribution in [0.15, 0.2) is 30.3 Å². The molecule has 0 spiro atoms. The summed E-state index contributed by atoms with van der Waals surface area (Å²) in [7, 11) is 0. The number of carbonyl (C=O) groups is 2. The predicted molar refractivity (Wildman–Crippen MR) is 117 cm³/mol. The van der Waals surface area contributed by atoms with Crippen LogP contribution >= 0.6 is 0 Å². The summed E-state index contributed by atoms with van der Waals surface area (Å²) in [5.74, 6) is 0.959. The van der Waals surface area contributed by atoms with Gasteiger partial charge < -0.3 is 24.6 Å². The lowest BCUT2D eigenvalue weighted by Crippen LogP contribution is -2.37. The first kappa shape index (κ1) is 22.0. The first-order valence-electron chi connectivity index (χ1n) is 10.9. The van der Waals surface area contributed by atoms with E-state index in [-0.39, 0.29) is 24.8 Å². The van der Waals surface area contributed by atoms with Gasteiger partial charge in [0.25, 0.3) is 0 Å². The average Bonchev–Trinajstić information content (AvgIpc) is 3.20. The van der Waals surface area contributed by atoms with Gasteiger partial charge in [0.15, 0.2) is 11.5 Å². The van der Waals surface area contributed by atoms with Crippen LogP contribution in [0.25, 0.3) is 0 Å². The average molecular weight is 440 g/mol. The molecule has 0 unspecified atom stereocenters. The largest absolute Gasteiger partial charge is 0.493 e. The Morgan fingerprint density at radius 1 is 1.03 bits per heavy atom. The molecule has 0 radical (unpaired) electrons. The van der Waals surface area contributed by atoms with Gasteiger partial charge in [-0.05, 0) is 61.6 Å². The van der Waals surface area contributed by atoms with Gasteiger partial charge in [-0.15, -0.1) is 0 Å². The number of benzene rings is 2. The maximum Gasteiger partial charge on any atom is 0.335 e. The molecule has 2 aromatic carbocycles. The lowest BCUT2D eigenvalue weighted by Gasteiger charge is -2.24. The van der Waals surface area contributed by atoms with Gasteiger partial charge in [0.1, 0.15) is 5.75 Å². The third-order valence-electron chi connectivity index (χ3n) is 5.70. The lowest BCUT2D eigenvalue weighted by molar-refractivity contribution is -0.122. The van der Waals surface area contributed by atoms with Crippen molar-refractivity contribution in [3.05, 3.63) is 52.6 Å². The zero-order chi connectivity index (χ0) is 22.5. The minimum Gasteiger partial charge on any atom is -0.493 e. The minimum absolute atomic E-state index is 0.0349. The van der Waals surface area contributed by atoms with Gasteiger partial charge in [0.2, 0.25) is 12.7 Å². The van der Waals surface area contributed by atoms with Crippen molar-refractivity contribution in [3.8, 4) is 17.2 Å². The molecule has 170 valence electrons. The quantitative estimate of drug-likeness (QED) is 0.757. The molecule has 32 heavy (non-hydrogen) atoms. The van der Waals surface area contributed by atoms with Crippen LogP contribution in [0, 0.1) is 6.92 Å². The first-order valence-corrected chi connectivity index (χ1v) is 10.9. The van der Waals surface area contributed by atoms with E-state index < -0.39 is 5.97 Å². The van der Waals surface area contributed by atoms with E-state index in [1.165, 1.54) is 0 Å². The highest BCUT2D eigenvalue weighted by atomic mass is 16.7. The van der Waals surface area contributed by atoms with Crippen LogP contribution in [0.4, 0.5) is 0 Å². The van der Waals surface area contributed by atoms with Crippen molar-refractivity contribution >= 4 is 11.9 Å². The molecule has 8 heteroatoms. The van der Waals surface area contributed by atoms with Gasteiger partial charge in [-0.25, -0.2) is 4.79 Å². The predicted octanol–water partition coefficient (Wildman–Crippen LogP) is 3.10. The zero-order valence-electron chi connectivity index (χ0n) is 18.2. The fourth-order valence-corrected chi connectivity index (χ4v) is 3.93. The molecule has 0 atom stereocenters. The lowest BCUT2D eigenvalue weighted by atomic mass is 10.1. The maximum atomic E-state index is 12.6. The summed E-state index contributed by atoms with van der Waals surface area (Å²) in [6.07, 6.45) is 2.64. The maximum absolute atomic E-state index is 12.6. The minimum atomic E-state index is -0.994. The molecule has 2 aliphatic heterocycles. The molecular formula is C24H28N2O6. The molecule has 2 N–H and O–H groups in total. The molecule has 0 saturated carbocycles. The summed E-state index contributed by atoms with van der Waals surface area (Å²) in [4.78, 5) is 26.1. The molecule has 0 fully saturated rings. The van der Waals surface area contributed by atoms with E-state index in [9.17, 15) is 14.7 Å². The van der Waals surface area contributed by atoms with Crippen LogP contribution in [0.1, 0.15) is 46.3 Å². The van der Waals surface area contributed by atoms with Crippen molar-refractivity contribution in [1.82, 2.24) is 10.2 Å². The summed E-state index contributed by atoms with van der Waals surface area (Å²) < 4.78 is 17.0. The number of carbonyl (C=O) groups excluding carboxylic acids is 1. The Kier molecular flexibility index (Phi) is 6.80. The van der Waals surface area contributed by atoms with Crippen molar-refractivity contribution < 1.29 is 28.9 Å². The van der Waals surface area contributed by atoms with Crippen LogP contribution in [0.5, 0.6) is 17.2 Å². The molecule has 4 rings (SSSR count). The number of carboxylic acids is 1. The standard InChI is InChI=1S/C24H28N2O6/c1-16-9-21-22(32-15-31-21)11-19(16)13-26-12-18-6-5-17(24(28)29)10-20(18)30-8-4-2-3-7-25-23(27)14-26/h5-6,9-11H,2-4,7-8,12-15H2,1H3,(H,25,27)(H,28,29). The van der Waals surface area contributed by atoms with Crippen molar-refractivity contribution in [2.45, 2.75) is 39.3 Å². The second-order valence-corrected chi connectivity index (χ2v) is 8.16. The van der Waals surface area contributed by atoms with Crippen LogP contribution in [-0.4, -0.2) is 48.4 Å². The molecule has 0 aromatic heterocycles. The van der Waals surface area contributed by atoms with E-state index in [4.69, 9.17) is 14.2 Å². The van der Waals surface area contributed by atoms with Crippen LogP contribution < -0.4 is 19.5 Å². The summed E-state index contributed by atoms with van der Waals surface area (Å²) >= 11 is 0. The SMILES string of the molecule is Cc1cc2c(cc1CN1CC(=O)NCCCCCOc3cc(C(=O)O)ccc3C1)OCO2. The zero-order valence-corrected chi connectivity index (χ0v) is 18.2. The monoisotopic (exact) mass is 440 g/mol. The van der Waals surface area contributed by atoms with E-state index in [2.05, 4.69) is 5.32 Å². The summed E-state index contributed by atoms with van der Waals surface area (Å²) in [5.41, 5.74) is 3.12. The fraction of sp³-hybridized carbons (Fsp3) is 0.417. The number of ether oxygens (including phenoxy) is 3. The number of nitrogens with one attached hydrogen (secondary N) is 1. The number of carboxylic acid groups (broad SMARTS) is 1. The Morgan fingerprint density at radius 3 is 2.66 bits per heavy atom. The Labute approximate surface area is 187 Å². The van der Waals surface area contributed by atoms with Gasteiger partial charge in [-0.2, -0.15) is 0 Å². The third-order valence-corrected chi connectivity index (χ3v) is 5.70. The van der Waals surface area contributed by atoms with Crippen LogP contribution in [0.2, 0.25) is 0 Å². The van der Waals surface area contributed by atoms with E-state index in [0.29, 0.717) is 37.7 Å². The van der Waals surface area contributed by atoms with E-state index in [0.717, 1.165) is 41.7 Å². The third kappa shape index (κ3) is 5.31. The highest BCUT2D eigenvalue weighted by molar-refractivity contribution is 5.88. The Bertz CT molecular complexity index is 1010. The smallest absolute Gasteiger partial charge is 0.335 e. The summed E-state index contributed by atoms with van der Waals surface area (Å²) in [6.45, 7) is 4.53. The summed E-state index contributed by atoms with van der Waals surface area (Å²) in [6, 6.07) is 8.83. The second kappa shape index (κ2) is 9.91. The van der Waals surface area contributed by atoms with Crippen molar-refractivity contribution in [2.24, 2.45) is 0 Å². The number of amides is 1. The molecule has 2 heterocycles. The highest BCUT2D eigenvalue weighted by Gasteiger charge is 2.20. The van der Waals surface area contributed by atoms with Crippen molar-refractivity contribution in [1.29, 1.82) is 0 Å². The van der Waals surface area contributed by atoms with Crippen LogP contribution in [0.3, 0.4) is 0 Å². The van der Waals surface area contributed by atoms with E-state index in [1.807, 2.05) is 24.0 Å². The number of aromatic carboxylic acids is 1. The molecule has 1 amide bonds. The van der Waals surface area contributed by atoms with Gasteiger partial charge in [-0.1, -0.05) is 6.07 Å². The Morgan fingerprint density at radius 2 is 1.84 bits per heavy atom. The van der Waals surface area contributed by atoms with Gasteiger partial charge in [0, 0.05) is 25.2 Å². The highest BCUT2D eigenvalue weighted by Crippen LogP contribution is 2.35. The molecule has 8 nitrogen and oxygen atoms in total. The van der Waals surface area contributed by atoms with Gasteiger partial charge in [-0.3, -0.25) is 9.69 Å². The second-order valence-electron chi connectivity index (χ2n) is 8.16. The van der Waals surface area contributed by atoms with E-state index >= 15 is 0 Å². The van der Waals surface area contributed by atoms with Crippen molar-refractivity contribution in [2.75, 3.05) is 26.5 Å². The number of hydrogen-bond donors (Lipinski definition) is 2. The molecule has 2 aliphatic rings. The fourth-order valence-electron chi connectivity index (χ4n) is 3.93. The Hall–Kier alpha value is -3.26. The van der Waals surface area contributed by atoms with Crippen LogP contribution in [-0.2, 0) is 17.9 Å². The number of rotatable bonds is 3. The molecule has 0 saturated heterocycles. The van der Waals surface area contributed by atoms with Crippen molar-refractivity contribution in [3.63, 3.8) is 0 Å². The number of fused-ring (bicyclic) bond motifs is 2. The van der Waals surface area contributed by atoms with E-state index in [1.54, 1.807) is 18.2 Å². The number of aryl methyl sites for hydroxylation is 1. The molecular weight excluding hydrogens is 412 g/mol. The van der Waals surface area contributed by atoms with Gasteiger partial charge in [0.05, 0.1) is 18.7 Å². The molecule has 0 aliphatic carbocycles. The number of nitrogens with zero attached hydrogens (tertiary/aromatic N) is 1. The Balaban J connectivity index is 1.63. The summed E-state index contributed by atoms with van der Waals surface area (Å²) in [5, 5.41) is 12.4. The van der Waals surface area contributed by atoms with Gasteiger partial charge >= 0.3 is 5.97 Å². The first-order chi connectivity index (χ1) is 15.5. The normalized spacial score (nSPS) is 17.2.